The normalized spacial score (nSPS) is 11.5. The van der Waals surface area contributed by atoms with Gasteiger partial charge in [-0.2, -0.15) is 13.5 Å². The van der Waals surface area contributed by atoms with Crippen molar-refractivity contribution in [1.82, 2.24) is 4.83 Å². The van der Waals surface area contributed by atoms with Crippen LogP contribution in [-0.4, -0.2) is 14.6 Å². The molecule has 0 bridgehead atoms. The predicted octanol–water partition coefficient (Wildman–Crippen LogP) is 4.88. The molecule has 0 saturated carbocycles. The average molecular weight is 435 g/mol. The van der Waals surface area contributed by atoms with Gasteiger partial charge >= 0.3 is 0 Å². The van der Waals surface area contributed by atoms with Gasteiger partial charge in [0.05, 0.1) is 21.2 Å². The van der Waals surface area contributed by atoms with Crippen LogP contribution in [0.4, 0.5) is 0 Å². The summed E-state index contributed by atoms with van der Waals surface area (Å²) in [7, 11) is -3.68. The van der Waals surface area contributed by atoms with Crippen molar-refractivity contribution in [1.29, 1.82) is 0 Å². The summed E-state index contributed by atoms with van der Waals surface area (Å²) in [5.41, 5.74) is 1.62. The van der Waals surface area contributed by atoms with Crippen molar-refractivity contribution >= 4 is 39.4 Å². The minimum absolute atomic E-state index is 0.151. The fraction of sp³-hybridized carbons (Fsp3) is 0.0500. The van der Waals surface area contributed by atoms with Crippen molar-refractivity contribution in [3.63, 3.8) is 0 Å². The highest BCUT2D eigenvalue weighted by molar-refractivity contribution is 7.89. The van der Waals surface area contributed by atoms with Crippen LogP contribution in [0, 0.1) is 0 Å². The SMILES string of the molecule is O=S(=O)(N/N=C\c1ccc(OCc2ccc(Cl)c(Cl)c2)cc1)c1ccccc1. The molecule has 0 aromatic heterocycles. The Morgan fingerprint density at radius 3 is 2.32 bits per heavy atom. The summed E-state index contributed by atoms with van der Waals surface area (Å²) in [4.78, 5) is 2.33. The monoisotopic (exact) mass is 434 g/mol. The number of nitrogens with one attached hydrogen (secondary N) is 1. The highest BCUT2D eigenvalue weighted by Crippen LogP contribution is 2.23. The molecule has 1 N–H and O–H groups in total. The molecule has 0 saturated heterocycles. The second-order valence-corrected chi connectivity index (χ2v) is 8.25. The largest absolute Gasteiger partial charge is 0.489 e. The summed E-state index contributed by atoms with van der Waals surface area (Å²) in [5, 5.41) is 4.78. The van der Waals surface area contributed by atoms with Crippen LogP contribution in [0.5, 0.6) is 5.75 Å². The Balaban J connectivity index is 1.56. The fourth-order valence-corrected chi connectivity index (χ4v) is 3.40. The fourth-order valence-electron chi connectivity index (χ4n) is 2.27. The van der Waals surface area contributed by atoms with Crippen LogP contribution in [-0.2, 0) is 16.6 Å². The molecule has 3 aromatic carbocycles. The predicted molar refractivity (Wildman–Crippen MR) is 112 cm³/mol. The van der Waals surface area contributed by atoms with E-state index >= 15 is 0 Å². The average Bonchev–Trinajstić information content (AvgIpc) is 2.70. The molecule has 0 heterocycles. The number of rotatable bonds is 7. The van der Waals surface area contributed by atoms with Crippen molar-refractivity contribution in [3.8, 4) is 5.75 Å². The lowest BCUT2D eigenvalue weighted by Gasteiger charge is -2.07. The third kappa shape index (κ3) is 5.48. The second-order valence-electron chi connectivity index (χ2n) is 5.77. The van der Waals surface area contributed by atoms with Crippen LogP contribution in [0.15, 0.2) is 82.8 Å². The number of sulfonamides is 1. The van der Waals surface area contributed by atoms with E-state index in [9.17, 15) is 8.42 Å². The summed E-state index contributed by atoms with van der Waals surface area (Å²) in [5.74, 6) is 0.660. The third-order valence-electron chi connectivity index (χ3n) is 3.71. The molecule has 5 nitrogen and oxygen atoms in total. The van der Waals surface area contributed by atoms with Crippen molar-refractivity contribution in [2.24, 2.45) is 5.10 Å². The first-order chi connectivity index (χ1) is 13.4. The van der Waals surface area contributed by atoms with Gasteiger partial charge < -0.3 is 4.74 Å². The van der Waals surface area contributed by atoms with Crippen LogP contribution in [0.2, 0.25) is 10.0 Å². The molecule has 0 aliphatic rings. The lowest BCUT2D eigenvalue weighted by molar-refractivity contribution is 0.306. The molecule has 3 rings (SSSR count). The van der Waals surface area contributed by atoms with Crippen molar-refractivity contribution < 1.29 is 13.2 Å². The van der Waals surface area contributed by atoms with E-state index in [0.29, 0.717) is 22.4 Å². The van der Waals surface area contributed by atoms with Crippen LogP contribution in [0.3, 0.4) is 0 Å². The molecule has 28 heavy (non-hydrogen) atoms. The molecule has 0 radical (unpaired) electrons. The molecule has 0 fully saturated rings. The minimum Gasteiger partial charge on any atom is -0.489 e. The number of hydrogen-bond acceptors (Lipinski definition) is 4. The van der Waals surface area contributed by atoms with E-state index in [1.54, 1.807) is 54.6 Å². The Bertz CT molecular complexity index is 1070. The molecule has 0 atom stereocenters. The molecule has 144 valence electrons. The maximum Gasteiger partial charge on any atom is 0.276 e. The van der Waals surface area contributed by atoms with Crippen LogP contribution >= 0.6 is 23.2 Å². The smallest absolute Gasteiger partial charge is 0.276 e. The van der Waals surface area contributed by atoms with E-state index in [4.69, 9.17) is 27.9 Å². The van der Waals surface area contributed by atoms with Gasteiger partial charge in [-0.15, -0.1) is 0 Å². The van der Waals surface area contributed by atoms with E-state index in [1.807, 2.05) is 6.07 Å². The molecule has 0 aliphatic heterocycles. The minimum atomic E-state index is -3.68. The summed E-state index contributed by atoms with van der Waals surface area (Å²) in [6.45, 7) is 0.348. The molecule has 0 amide bonds. The maximum atomic E-state index is 12.1. The first kappa shape index (κ1) is 20.2. The highest BCUT2D eigenvalue weighted by Gasteiger charge is 2.10. The Hall–Kier alpha value is -2.54. The van der Waals surface area contributed by atoms with Gasteiger partial charge in [-0.25, -0.2) is 4.83 Å². The Morgan fingerprint density at radius 1 is 0.929 bits per heavy atom. The van der Waals surface area contributed by atoms with Gasteiger partial charge in [0.1, 0.15) is 12.4 Å². The zero-order valence-corrected chi connectivity index (χ0v) is 16.9. The number of hydrazone groups is 1. The van der Waals surface area contributed by atoms with Crippen molar-refractivity contribution in [2.45, 2.75) is 11.5 Å². The molecule has 0 aliphatic carbocycles. The molecule has 3 aromatic rings. The number of hydrogen-bond donors (Lipinski definition) is 1. The van der Waals surface area contributed by atoms with E-state index in [2.05, 4.69) is 9.93 Å². The summed E-state index contributed by atoms with van der Waals surface area (Å²) in [6.07, 6.45) is 1.42. The highest BCUT2D eigenvalue weighted by atomic mass is 35.5. The first-order valence-electron chi connectivity index (χ1n) is 8.21. The summed E-state index contributed by atoms with van der Waals surface area (Å²) < 4.78 is 29.9. The zero-order chi connectivity index (χ0) is 20.0. The van der Waals surface area contributed by atoms with Gasteiger partial charge in [0.15, 0.2) is 0 Å². The first-order valence-corrected chi connectivity index (χ1v) is 10.4. The van der Waals surface area contributed by atoms with E-state index in [-0.39, 0.29) is 4.90 Å². The Morgan fingerprint density at radius 2 is 1.64 bits per heavy atom. The lowest BCUT2D eigenvalue weighted by atomic mass is 10.2. The summed E-state index contributed by atoms with van der Waals surface area (Å²) >= 11 is 11.9. The van der Waals surface area contributed by atoms with Gasteiger partial charge in [0.25, 0.3) is 10.0 Å². The number of halogens is 2. The Labute approximate surface area is 173 Å². The van der Waals surface area contributed by atoms with E-state index in [1.165, 1.54) is 18.3 Å². The van der Waals surface area contributed by atoms with Gasteiger partial charge in [0, 0.05) is 0 Å². The van der Waals surface area contributed by atoms with Gasteiger partial charge in [-0.1, -0.05) is 47.5 Å². The molecular formula is C20H16Cl2N2O3S. The van der Waals surface area contributed by atoms with E-state index < -0.39 is 10.0 Å². The summed E-state index contributed by atoms with van der Waals surface area (Å²) in [6, 6.07) is 20.4. The van der Waals surface area contributed by atoms with Crippen LogP contribution < -0.4 is 9.57 Å². The zero-order valence-electron chi connectivity index (χ0n) is 14.5. The molecule has 0 unspecified atom stereocenters. The molecular weight excluding hydrogens is 419 g/mol. The van der Waals surface area contributed by atoms with Crippen LogP contribution in [0.1, 0.15) is 11.1 Å². The number of ether oxygens (including phenoxy) is 1. The third-order valence-corrected chi connectivity index (χ3v) is 5.69. The van der Waals surface area contributed by atoms with Crippen molar-refractivity contribution in [2.75, 3.05) is 0 Å². The second kappa shape index (κ2) is 9.10. The lowest BCUT2D eigenvalue weighted by Crippen LogP contribution is -2.18. The van der Waals surface area contributed by atoms with Crippen molar-refractivity contribution in [3.05, 3.63) is 94.0 Å². The van der Waals surface area contributed by atoms with Gasteiger partial charge in [-0.05, 0) is 59.7 Å². The topological polar surface area (TPSA) is 67.8 Å². The quantitative estimate of drug-likeness (QED) is 0.425. The maximum absolute atomic E-state index is 12.1. The number of nitrogens with zero attached hydrogens (tertiary/aromatic N) is 1. The van der Waals surface area contributed by atoms with Gasteiger partial charge in [-0.3, -0.25) is 0 Å². The number of benzene rings is 3. The molecule has 0 spiro atoms. The van der Waals surface area contributed by atoms with E-state index in [0.717, 1.165) is 11.1 Å². The Kier molecular flexibility index (Phi) is 6.57. The standard InChI is InChI=1S/C20H16Cl2N2O3S/c21-19-11-8-16(12-20(19)22)14-27-17-9-6-15(7-10-17)13-23-24-28(25,26)18-4-2-1-3-5-18/h1-13,24H,14H2/b23-13-. The van der Waals surface area contributed by atoms with Gasteiger partial charge in [0.2, 0.25) is 0 Å². The molecule has 8 heteroatoms. The van der Waals surface area contributed by atoms with Crippen LogP contribution in [0.25, 0.3) is 0 Å².